The molecule has 2 rings (SSSR count). The van der Waals surface area contributed by atoms with Crippen LogP contribution in [0.15, 0.2) is 36.4 Å². The molecular weight excluding hydrogens is 542 g/mol. The predicted octanol–water partition coefficient (Wildman–Crippen LogP) is 6.38. The molecule has 18 heteroatoms. The third-order valence-electron chi connectivity index (χ3n) is 4.49. The molecule has 2 amide bonds. The summed E-state index contributed by atoms with van der Waals surface area (Å²) in [5, 5.41) is 0.899. The number of halogens is 14. The molecule has 0 unspecified atom stereocenters. The Kier molecular flexibility index (Phi) is 6.94. The van der Waals surface area contributed by atoms with Crippen LogP contribution in [0.1, 0.15) is 0 Å². The van der Waals surface area contributed by atoms with Crippen LogP contribution in [0, 0.1) is 0 Å². The maximum Gasteiger partial charge on any atom is 0.460 e. The highest BCUT2D eigenvalue weighted by atomic mass is 19.4. The summed E-state index contributed by atoms with van der Waals surface area (Å²) in [4.78, 5) is 23.1. The zero-order valence-electron chi connectivity index (χ0n) is 16.6. The fraction of sp³-hybridized carbons (Fsp3) is 0.333. The zero-order valence-corrected chi connectivity index (χ0v) is 16.6. The lowest BCUT2D eigenvalue weighted by atomic mass is 10.0. The maximum atomic E-state index is 13.6. The van der Waals surface area contributed by atoms with Gasteiger partial charge in [-0.05, 0) is 12.1 Å². The maximum absolute atomic E-state index is 13.6. The number of fused-ring (bicyclic) bond motifs is 1. The number of amides is 2. The third kappa shape index (κ3) is 4.59. The predicted molar refractivity (Wildman–Crippen MR) is 93.1 cm³/mol. The highest BCUT2D eigenvalue weighted by Gasteiger charge is 2.77. The minimum atomic E-state index is -6.85. The molecule has 0 aromatic heterocycles. The van der Waals surface area contributed by atoms with Crippen molar-refractivity contribution in [1.82, 2.24) is 0 Å². The lowest BCUT2D eigenvalue weighted by Crippen LogP contribution is -2.57. The van der Waals surface area contributed by atoms with Crippen molar-refractivity contribution in [1.29, 1.82) is 0 Å². The molecule has 0 bridgehead atoms. The normalized spacial score (nSPS) is 14.1. The van der Waals surface area contributed by atoms with Gasteiger partial charge >= 0.3 is 47.9 Å². The number of benzene rings is 2. The van der Waals surface area contributed by atoms with Crippen LogP contribution in [0.3, 0.4) is 0 Å². The smallest absolute Gasteiger partial charge is 0.320 e. The van der Waals surface area contributed by atoms with Crippen molar-refractivity contribution in [2.45, 2.75) is 36.0 Å². The van der Waals surface area contributed by atoms with E-state index < -0.39 is 70.0 Å². The van der Waals surface area contributed by atoms with Crippen LogP contribution in [0.4, 0.5) is 72.8 Å². The van der Waals surface area contributed by atoms with Crippen molar-refractivity contribution in [2.75, 3.05) is 10.6 Å². The number of carbonyl (C=O) groups excluding carboxylic acids is 2. The van der Waals surface area contributed by atoms with E-state index in [1.54, 1.807) is 0 Å². The lowest BCUT2D eigenvalue weighted by molar-refractivity contribution is -0.343. The summed E-state index contributed by atoms with van der Waals surface area (Å²) < 4.78 is 180. The van der Waals surface area contributed by atoms with Gasteiger partial charge < -0.3 is 10.6 Å². The largest absolute Gasteiger partial charge is 0.460 e. The molecule has 0 fully saturated rings. The molecule has 36 heavy (non-hydrogen) atoms. The molecular formula is C18H8F14N2O2. The fourth-order valence-electron chi connectivity index (χ4n) is 2.56. The summed E-state index contributed by atoms with van der Waals surface area (Å²) in [6.45, 7) is 0. The molecule has 0 aliphatic heterocycles. The average molecular weight is 550 g/mol. The third-order valence-corrected chi connectivity index (χ3v) is 4.49. The van der Waals surface area contributed by atoms with Crippen molar-refractivity contribution in [3.8, 4) is 0 Å². The van der Waals surface area contributed by atoms with Gasteiger partial charge in [0.25, 0.3) is 0 Å². The number of anilines is 2. The van der Waals surface area contributed by atoms with Crippen molar-refractivity contribution < 1.29 is 71.1 Å². The number of rotatable bonds is 6. The van der Waals surface area contributed by atoms with E-state index >= 15 is 0 Å². The highest BCUT2D eigenvalue weighted by molar-refractivity contribution is 6.11. The van der Waals surface area contributed by atoms with E-state index in [0.717, 1.165) is 34.9 Å². The highest BCUT2D eigenvalue weighted by Crippen LogP contribution is 2.48. The molecule has 2 N–H and O–H groups in total. The van der Waals surface area contributed by atoms with Gasteiger partial charge in [0.2, 0.25) is 0 Å². The monoisotopic (exact) mass is 550 g/mol. The summed E-state index contributed by atoms with van der Waals surface area (Å²) in [7, 11) is 0. The Balaban J connectivity index is 2.46. The van der Waals surface area contributed by atoms with Crippen LogP contribution in [0.5, 0.6) is 0 Å². The van der Waals surface area contributed by atoms with Gasteiger partial charge in [0.15, 0.2) is 0 Å². The Morgan fingerprint density at radius 2 is 0.778 bits per heavy atom. The van der Waals surface area contributed by atoms with E-state index in [9.17, 15) is 71.1 Å². The van der Waals surface area contributed by atoms with Crippen LogP contribution in [-0.4, -0.2) is 47.9 Å². The number of hydrogen-bond acceptors (Lipinski definition) is 2. The zero-order chi connectivity index (χ0) is 28.1. The minimum absolute atomic E-state index is 0.387. The molecule has 0 radical (unpaired) electrons. The van der Waals surface area contributed by atoms with E-state index in [1.165, 1.54) is 0 Å². The molecule has 2 aromatic carbocycles. The minimum Gasteiger partial charge on any atom is -0.320 e. The Labute approximate surface area is 189 Å². The second-order valence-electron chi connectivity index (χ2n) is 6.91. The molecule has 2 aromatic rings. The van der Waals surface area contributed by atoms with Crippen LogP contribution in [0.2, 0.25) is 0 Å². The number of hydrogen-bond donors (Lipinski definition) is 2. The molecule has 0 heterocycles. The number of carbonyl (C=O) groups is 2. The van der Waals surface area contributed by atoms with Gasteiger partial charge in [-0.25, -0.2) is 0 Å². The second kappa shape index (κ2) is 8.65. The number of nitrogens with one attached hydrogen (secondary N) is 2. The van der Waals surface area contributed by atoms with Crippen LogP contribution in [-0.2, 0) is 9.59 Å². The topological polar surface area (TPSA) is 58.2 Å². The van der Waals surface area contributed by atoms with Crippen molar-refractivity contribution >= 4 is 34.0 Å². The first-order valence-electron chi connectivity index (χ1n) is 8.79. The first-order chi connectivity index (χ1) is 16.0. The Morgan fingerprint density at radius 3 is 1.03 bits per heavy atom. The molecule has 0 atom stereocenters. The molecule has 4 nitrogen and oxygen atoms in total. The van der Waals surface area contributed by atoms with Gasteiger partial charge in [0.1, 0.15) is 0 Å². The Hall–Kier alpha value is -3.34. The van der Waals surface area contributed by atoms with Gasteiger partial charge in [0.05, 0.1) is 0 Å². The summed E-state index contributed by atoms with van der Waals surface area (Å²) in [5.41, 5.74) is -1.89. The van der Waals surface area contributed by atoms with Gasteiger partial charge in [0, 0.05) is 22.1 Å². The summed E-state index contributed by atoms with van der Waals surface area (Å²) in [6, 6.07) is 4.47. The lowest BCUT2D eigenvalue weighted by Gasteiger charge is -2.28. The Bertz CT molecular complexity index is 1080. The van der Waals surface area contributed by atoms with E-state index in [1.807, 2.05) is 0 Å². The van der Waals surface area contributed by atoms with Crippen LogP contribution >= 0.6 is 0 Å². The van der Waals surface area contributed by atoms with Crippen LogP contribution in [0.25, 0.3) is 10.8 Å². The fourth-order valence-corrected chi connectivity index (χ4v) is 2.56. The molecule has 0 aliphatic carbocycles. The first kappa shape index (κ1) is 28.9. The summed E-state index contributed by atoms with van der Waals surface area (Å²) in [5.74, 6) is -32.7. The van der Waals surface area contributed by atoms with Gasteiger partial charge in [-0.2, -0.15) is 61.5 Å². The van der Waals surface area contributed by atoms with E-state index in [-0.39, 0.29) is 0 Å². The summed E-state index contributed by atoms with van der Waals surface area (Å²) in [6.07, 6.45) is -13.7. The molecule has 200 valence electrons. The van der Waals surface area contributed by atoms with E-state index in [0.29, 0.717) is 12.1 Å². The molecule has 0 spiro atoms. The van der Waals surface area contributed by atoms with Gasteiger partial charge in [-0.15, -0.1) is 0 Å². The SMILES string of the molecule is O=C(Nc1ccc(NC(=O)C(F)(F)C(F)(F)C(F)(F)F)c2ccccc12)C(F)(F)C(F)(F)C(F)(F)F. The second-order valence-corrected chi connectivity index (χ2v) is 6.91. The molecule has 0 aliphatic rings. The van der Waals surface area contributed by atoms with Crippen molar-refractivity contribution in [3.05, 3.63) is 36.4 Å². The molecule has 0 saturated heterocycles. The average Bonchev–Trinajstić information content (AvgIpc) is 2.73. The first-order valence-corrected chi connectivity index (χ1v) is 8.79. The van der Waals surface area contributed by atoms with Crippen molar-refractivity contribution in [2.24, 2.45) is 0 Å². The molecule has 0 saturated carbocycles. The quantitative estimate of drug-likeness (QED) is 0.410. The van der Waals surface area contributed by atoms with E-state index in [4.69, 9.17) is 0 Å². The van der Waals surface area contributed by atoms with E-state index in [2.05, 4.69) is 0 Å². The summed E-state index contributed by atoms with van der Waals surface area (Å²) >= 11 is 0. The van der Waals surface area contributed by atoms with Crippen molar-refractivity contribution in [3.63, 3.8) is 0 Å². The van der Waals surface area contributed by atoms with Crippen LogP contribution < -0.4 is 10.6 Å². The van der Waals surface area contributed by atoms with Gasteiger partial charge in [-0.1, -0.05) is 24.3 Å². The standard InChI is InChI=1S/C18H8F14N2O2/c19-13(20,15(23,24)17(27,28)29)11(35)33-9-5-6-10(8-4-2-1-3-7(8)9)34-12(36)14(21,22)16(25,26)18(30,31)32/h1-6H,(H,33,35)(H,34,36). The Morgan fingerprint density at radius 1 is 0.500 bits per heavy atom. The number of alkyl halides is 14. The van der Waals surface area contributed by atoms with Gasteiger partial charge in [-0.3, -0.25) is 9.59 Å².